The number of hydrogen-bond donors (Lipinski definition) is 3. The van der Waals surface area contributed by atoms with Crippen molar-refractivity contribution in [1.29, 1.82) is 0 Å². The fourth-order valence-corrected chi connectivity index (χ4v) is 0.664. The van der Waals surface area contributed by atoms with E-state index >= 15 is 0 Å². The molecular weight excluding hydrogens is 251 g/mol. The molecule has 0 spiro atoms. The van der Waals surface area contributed by atoms with Crippen molar-refractivity contribution in [2.24, 2.45) is 0 Å². The molecular formula is C6H15Cl2N2O5+. The van der Waals surface area contributed by atoms with Crippen LogP contribution in [0.1, 0.15) is 12.8 Å². The molecule has 92 valence electrons. The Morgan fingerprint density at radius 2 is 1.40 bits per heavy atom. The summed E-state index contributed by atoms with van der Waals surface area (Å²) in [5, 5.41) is 17.1. The van der Waals surface area contributed by atoms with Crippen LogP contribution in [0.3, 0.4) is 0 Å². The van der Waals surface area contributed by atoms with E-state index in [-0.39, 0.29) is 37.3 Å². The van der Waals surface area contributed by atoms with Crippen molar-refractivity contribution >= 4 is 23.2 Å². The van der Waals surface area contributed by atoms with E-state index in [1.165, 1.54) is 0 Å². The molecule has 0 bridgehead atoms. The van der Waals surface area contributed by atoms with Gasteiger partial charge in [0.2, 0.25) is 0 Å². The van der Waals surface area contributed by atoms with Crippen LogP contribution in [0.5, 0.6) is 0 Å². The molecule has 5 N–H and O–H groups in total. The molecule has 0 heterocycles. The maximum Gasteiger partial charge on any atom is 0.477 e. The van der Waals surface area contributed by atoms with E-state index in [2.05, 4.69) is 9.68 Å². The van der Waals surface area contributed by atoms with Crippen molar-refractivity contribution in [1.82, 2.24) is 6.15 Å². The third-order valence-electron chi connectivity index (χ3n) is 1.11. The lowest BCUT2D eigenvalue weighted by Crippen LogP contribution is -2.15. The predicted molar refractivity (Wildman–Crippen MR) is 53.5 cm³/mol. The monoisotopic (exact) mass is 265 g/mol. The maximum absolute atomic E-state index is 10.6. The van der Waals surface area contributed by atoms with Gasteiger partial charge < -0.3 is 16.4 Å². The summed E-state index contributed by atoms with van der Waals surface area (Å²) in [7, 11) is 0. The lowest BCUT2D eigenvalue weighted by atomic mass is 10.5. The molecule has 0 aromatic heterocycles. The molecule has 0 radical (unpaired) electrons. The van der Waals surface area contributed by atoms with Gasteiger partial charge >= 0.3 is 5.09 Å². The molecule has 0 aromatic rings. The smallest absolute Gasteiger partial charge is 0.378 e. The first-order valence-electron chi connectivity index (χ1n) is 3.89. The van der Waals surface area contributed by atoms with E-state index in [1.807, 2.05) is 0 Å². The average Bonchev–Trinajstić information content (AvgIpc) is 2.02. The Bertz CT molecular complexity index is 154. The van der Waals surface area contributed by atoms with E-state index in [0.29, 0.717) is 0 Å². The van der Waals surface area contributed by atoms with Crippen LogP contribution in [0.4, 0.5) is 0 Å². The highest BCUT2D eigenvalue weighted by atomic mass is 35.5. The first-order valence-corrected chi connectivity index (χ1v) is 4.77. The van der Waals surface area contributed by atoms with Crippen molar-refractivity contribution in [3.63, 3.8) is 0 Å². The second-order valence-corrected chi connectivity index (χ2v) is 3.34. The molecule has 0 aliphatic carbocycles. The minimum absolute atomic E-state index is 0. The van der Waals surface area contributed by atoms with Crippen LogP contribution < -0.4 is 6.15 Å². The van der Waals surface area contributed by atoms with Crippen LogP contribution in [0.2, 0.25) is 0 Å². The Labute approximate surface area is 96.9 Å². The predicted octanol–water partition coefficient (Wildman–Crippen LogP) is 0.685. The van der Waals surface area contributed by atoms with Crippen molar-refractivity contribution in [2.45, 2.75) is 24.0 Å². The summed E-state index contributed by atoms with van der Waals surface area (Å²) in [6.07, 6.45) is 0.226. The van der Waals surface area contributed by atoms with Gasteiger partial charge in [0.1, 0.15) is 16.0 Å². The fraction of sp³-hybridized carbons (Fsp3) is 1.00. The first kappa shape index (κ1) is 17.1. The van der Waals surface area contributed by atoms with Crippen molar-refractivity contribution < 1.29 is 25.0 Å². The third-order valence-corrected chi connectivity index (χ3v) is 1.54. The minimum atomic E-state index is -1.05. The number of aliphatic hydroxyl groups excluding tert-OH is 2. The first-order chi connectivity index (χ1) is 6.52. The van der Waals surface area contributed by atoms with Gasteiger partial charge in [0.15, 0.2) is 13.2 Å². The van der Waals surface area contributed by atoms with Gasteiger partial charge in [0, 0.05) is 12.8 Å². The highest BCUT2D eigenvalue weighted by Gasteiger charge is 2.13. The van der Waals surface area contributed by atoms with Crippen LogP contribution in [0.25, 0.3) is 0 Å². The highest BCUT2D eigenvalue weighted by molar-refractivity contribution is 6.19. The molecule has 2 atom stereocenters. The fourth-order valence-electron chi connectivity index (χ4n) is 0.486. The molecule has 9 heteroatoms. The number of halogens is 2. The number of rotatable bonds is 8. The normalized spacial score (nSPS) is 13.6. The summed E-state index contributed by atoms with van der Waals surface area (Å²) in [5.41, 5.74) is -2.10. The molecule has 2 unspecified atom stereocenters. The maximum atomic E-state index is 10.6. The SMILES string of the molecule is N.O=[N+](OCCC(O)Cl)OCCC(O)Cl. The molecule has 15 heavy (non-hydrogen) atoms. The van der Waals surface area contributed by atoms with Gasteiger partial charge in [0.25, 0.3) is 0 Å². The van der Waals surface area contributed by atoms with E-state index in [1.54, 1.807) is 0 Å². The van der Waals surface area contributed by atoms with Gasteiger partial charge in [-0.15, -0.1) is 0 Å². The average molecular weight is 266 g/mol. The van der Waals surface area contributed by atoms with Gasteiger partial charge in [-0.25, -0.2) is 0 Å². The Hall–Kier alpha value is -0.340. The lowest BCUT2D eigenvalue weighted by molar-refractivity contribution is -0.981. The van der Waals surface area contributed by atoms with Crippen LogP contribution in [0.15, 0.2) is 0 Å². The summed E-state index contributed by atoms with van der Waals surface area (Å²) >= 11 is 10.3. The molecule has 0 aliphatic heterocycles. The van der Waals surface area contributed by atoms with Gasteiger partial charge in [-0.2, -0.15) is 9.68 Å². The molecule has 0 fully saturated rings. The van der Waals surface area contributed by atoms with Crippen molar-refractivity contribution in [2.75, 3.05) is 13.2 Å². The van der Waals surface area contributed by atoms with E-state index < -0.39 is 11.1 Å². The zero-order valence-corrected chi connectivity index (χ0v) is 9.52. The van der Waals surface area contributed by atoms with E-state index in [0.717, 1.165) is 0 Å². The summed E-state index contributed by atoms with van der Waals surface area (Å²) in [4.78, 5) is 19.5. The Kier molecular flexibility index (Phi) is 11.6. The standard InChI is InChI=1S/C6H12Cl2NO5.H3N/c7-5(10)1-3-13-9(12)14-4-2-6(8)11;/h5-6,10-11H,1-4H2;1H3/q+1;. The molecule has 0 amide bonds. The zero-order chi connectivity index (χ0) is 11.0. The van der Waals surface area contributed by atoms with Gasteiger partial charge in [-0.3, -0.25) is 0 Å². The summed E-state index contributed by atoms with van der Waals surface area (Å²) in [5.74, 6) is 0. The molecule has 0 rings (SSSR count). The van der Waals surface area contributed by atoms with E-state index in [4.69, 9.17) is 33.4 Å². The summed E-state index contributed by atoms with van der Waals surface area (Å²) in [6, 6.07) is 0. The zero-order valence-electron chi connectivity index (χ0n) is 8.01. The van der Waals surface area contributed by atoms with Crippen molar-refractivity contribution in [3.8, 4) is 0 Å². The quantitative estimate of drug-likeness (QED) is 0.439. The summed E-state index contributed by atoms with van der Waals surface area (Å²) < 4.78 is 0. The lowest BCUT2D eigenvalue weighted by Gasteiger charge is -1.98. The largest absolute Gasteiger partial charge is 0.477 e. The second kappa shape index (κ2) is 10.2. The number of alkyl halides is 2. The Morgan fingerprint density at radius 3 is 1.67 bits per heavy atom. The number of nitrogens with zero attached hydrogens (tertiary/aromatic N) is 1. The van der Waals surface area contributed by atoms with Gasteiger partial charge in [0.05, 0.1) is 0 Å². The van der Waals surface area contributed by atoms with Crippen LogP contribution in [-0.4, -0.2) is 39.6 Å². The van der Waals surface area contributed by atoms with Crippen molar-refractivity contribution in [3.05, 3.63) is 4.91 Å². The molecule has 7 nitrogen and oxygen atoms in total. The highest BCUT2D eigenvalue weighted by Crippen LogP contribution is 1.99. The number of hydrogen-bond acceptors (Lipinski definition) is 6. The topological polar surface area (TPSA) is 114 Å². The molecule has 0 saturated carbocycles. The van der Waals surface area contributed by atoms with Gasteiger partial charge in [-0.05, 0) is 0 Å². The summed E-state index contributed by atoms with van der Waals surface area (Å²) in [6.45, 7) is -0.116. The molecule has 0 aliphatic rings. The number of aliphatic hydroxyl groups is 2. The molecule has 0 aromatic carbocycles. The third kappa shape index (κ3) is 13.7. The van der Waals surface area contributed by atoms with Crippen LogP contribution in [0, 0.1) is 4.91 Å². The minimum Gasteiger partial charge on any atom is -0.378 e. The van der Waals surface area contributed by atoms with E-state index in [9.17, 15) is 4.91 Å². The molecule has 0 saturated heterocycles. The Balaban J connectivity index is 0. The van der Waals surface area contributed by atoms with Crippen LogP contribution in [-0.2, 0) is 9.68 Å². The van der Waals surface area contributed by atoms with Gasteiger partial charge in [-0.1, -0.05) is 23.2 Å². The second-order valence-electron chi connectivity index (χ2n) is 2.34. The Morgan fingerprint density at radius 1 is 1.07 bits per heavy atom. The van der Waals surface area contributed by atoms with Crippen LogP contribution >= 0.6 is 23.2 Å².